The number of carbonyl (C=O) groups is 3. The molecular weight excluding hydrogens is 428 g/mol. The standard InChI is InChI=1S/C22H22N6O3S/c1-14-8-10-15(11-9-14)18-24-25-21(32)27(18)13-12-17(29)26-28-19(30)22(2,23-20(28)31)16-6-4-3-5-7-16/h3-11H,12-13H2,1-2H3,(H,23,31)(H,25,32)(H,26,29). The first kappa shape index (κ1) is 21.4. The van der Waals surface area contributed by atoms with Gasteiger partial charge in [0.1, 0.15) is 5.54 Å². The van der Waals surface area contributed by atoms with Crippen LogP contribution in [0.2, 0.25) is 0 Å². The number of nitrogens with one attached hydrogen (secondary N) is 3. The van der Waals surface area contributed by atoms with Gasteiger partial charge >= 0.3 is 6.03 Å². The summed E-state index contributed by atoms with van der Waals surface area (Å²) in [7, 11) is 0. The van der Waals surface area contributed by atoms with Crippen LogP contribution in [0.3, 0.4) is 0 Å². The molecule has 2 aromatic carbocycles. The van der Waals surface area contributed by atoms with Gasteiger partial charge in [0.25, 0.3) is 5.91 Å². The summed E-state index contributed by atoms with van der Waals surface area (Å²) in [6.45, 7) is 3.82. The fraction of sp³-hybridized carbons (Fsp3) is 0.227. The molecule has 32 heavy (non-hydrogen) atoms. The number of aromatic amines is 1. The van der Waals surface area contributed by atoms with Gasteiger partial charge in [0.05, 0.1) is 0 Å². The van der Waals surface area contributed by atoms with Gasteiger partial charge in [0, 0.05) is 18.5 Å². The second kappa shape index (κ2) is 8.39. The lowest BCUT2D eigenvalue weighted by atomic mass is 9.92. The van der Waals surface area contributed by atoms with Gasteiger partial charge in [-0.05, 0) is 31.6 Å². The molecule has 0 bridgehead atoms. The van der Waals surface area contributed by atoms with Crippen molar-refractivity contribution in [1.82, 2.24) is 30.5 Å². The molecule has 1 saturated heterocycles. The van der Waals surface area contributed by atoms with Crippen LogP contribution in [0, 0.1) is 11.7 Å². The Morgan fingerprint density at radius 2 is 1.81 bits per heavy atom. The summed E-state index contributed by atoms with van der Waals surface area (Å²) in [6, 6.07) is 16.0. The fourth-order valence-electron chi connectivity index (χ4n) is 3.55. The van der Waals surface area contributed by atoms with Crippen LogP contribution in [0.25, 0.3) is 11.4 Å². The van der Waals surface area contributed by atoms with E-state index in [4.69, 9.17) is 12.2 Å². The molecular formula is C22H22N6O3S. The number of hydrogen-bond acceptors (Lipinski definition) is 5. The van der Waals surface area contributed by atoms with Crippen LogP contribution in [-0.2, 0) is 21.7 Å². The number of benzene rings is 2. The Morgan fingerprint density at radius 3 is 2.50 bits per heavy atom. The highest BCUT2D eigenvalue weighted by Gasteiger charge is 2.49. The van der Waals surface area contributed by atoms with E-state index in [1.54, 1.807) is 35.8 Å². The third kappa shape index (κ3) is 3.92. The van der Waals surface area contributed by atoms with Crippen molar-refractivity contribution < 1.29 is 14.4 Å². The fourth-order valence-corrected chi connectivity index (χ4v) is 3.77. The van der Waals surface area contributed by atoms with Crippen LogP contribution in [0.15, 0.2) is 54.6 Å². The molecule has 9 nitrogen and oxygen atoms in total. The minimum absolute atomic E-state index is 0.00812. The van der Waals surface area contributed by atoms with Gasteiger partial charge in [-0.2, -0.15) is 10.1 Å². The lowest BCUT2D eigenvalue weighted by Crippen LogP contribution is -2.48. The van der Waals surface area contributed by atoms with E-state index in [-0.39, 0.29) is 13.0 Å². The molecule has 0 saturated carbocycles. The van der Waals surface area contributed by atoms with Crippen LogP contribution >= 0.6 is 12.2 Å². The van der Waals surface area contributed by atoms with Crippen LogP contribution in [0.1, 0.15) is 24.5 Å². The lowest BCUT2D eigenvalue weighted by molar-refractivity contribution is -0.139. The molecule has 2 heterocycles. The Balaban J connectivity index is 1.45. The Kier molecular flexibility index (Phi) is 5.62. The topological polar surface area (TPSA) is 112 Å². The molecule has 10 heteroatoms. The highest BCUT2D eigenvalue weighted by Crippen LogP contribution is 2.27. The second-order valence-electron chi connectivity index (χ2n) is 7.72. The zero-order chi connectivity index (χ0) is 22.9. The lowest BCUT2D eigenvalue weighted by Gasteiger charge is -2.22. The molecule has 1 aliphatic rings. The number of amides is 4. The van der Waals surface area contributed by atoms with Crippen molar-refractivity contribution in [3.63, 3.8) is 0 Å². The summed E-state index contributed by atoms with van der Waals surface area (Å²) < 4.78 is 2.08. The van der Waals surface area contributed by atoms with E-state index in [9.17, 15) is 14.4 Å². The first-order valence-corrected chi connectivity index (χ1v) is 10.4. The van der Waals surface area contributed by atoms with Crippen molar-refractivity contribution in [1.29, 1.82) is 0 Å². The maximum atomic E-state index is 12.9. The van der Waals surface area contributed by atoms with Gasteiger partial charge in [-0.25, -0.2) is 4.79 Å². The molecule has 1 unspecified atom stereocenters. The predicted octanol–water partition coefficient (Wildman–Crippen LogP) is 2.80. The zero-order valence-electron chi connectivity index (χ0n) is 17.6. The minimum atomic E-state index is -1.25. The van der Waals surface area contributed by atoms with Crippen LogP contribution in [0.5, 0.6) is 0 Å². The number of carbonyl (C=O) groups excluding carboxylic acids is 3. The summed E-state index contributed by atoms with van der Waals surface area (Å²) in [5.74, 6) is -0.444. The van der Waals surface area contributed by atoms with Gasteiger partial charge in [0.2, 0.25) is 5.91 Å². The Morgan fingerprint density at radius 1 is 1.12 bits per heavy atom. The third-order valence-corrected chi connectivity index (χ3v) is 5.72. The van der Waals surface area contributed by atoms with E-state index in [2.05, 4.69) is 20.9 Å². The molecule has 1 aromatic heterocycles. The molecule has 4 amide bonds. The van der Waals surface area contributed by atoms with Gasteiger partial charge in [0.15, 0.2) is 10.6 Å². The number of hydrogen-bond donors (Lipinski definition) is 3. The smallest absolute Gasteiger partial charge is 0.318 e. The Hall–Kier alpha value is -3.79. The number of aromatic nitrogens is 3. The van der Waals surface area contributed by atoms with E-state index in [0.717, 1.165) is 16.1 Å². The first-order chi connectivity index (χ1) is 15.3. The highest BCUT2D eigenvalue weighted by molar-refractivity contribution is 7.71. The maximum Gasteiger partial charge on any atom is 0.344 e. The number of hydrazine groups is 1. The predicted molar refractivity (Wildman–Crippen MR) is 120 cm³/mol. The summed E-state index contributed by atoms with van der Waals surface area (Å²) in [5, 5.41) is 10.4. The molecule has 1 atom stereocenters. The zero-order valence-corrected chi connectivity index (χ0v) is 18.4. The number of nitrogens with zero attached hydrogens (tertiary/aromatic N) is 3. The summed E-state index contributed by atoms with van der Waals surface area (Å²) >= 11 is 5.30. The normalized spacial score (nSPS) is 18.0. The van der Waals surface area contributed by atoms with Crippen molar-refractivity contribution in [3.8, 4) is 11.4 Å². The number of urea groups is 1. The number of aryl methyl sites for hydroxylation is 1. The van der Waals surface area contributed by atoms with Crippen molar-refractivity contribution in [2.45, 2.75) is 32.4 Å². The van der Waals surface area contributed by atoms with Gasteiger partial charge in [-0.3, -0.25) is 24.7 Å². The SMILES string of the molecule is Cc1ccc(-c2n[nH]c(=S)n2CCC(=O)NN2C(=O)NC(C)(c3ccccc3)C2=O)cc1. The number of imide groups is 1. The van der Waals surface area contributed by atoms with Crippen molar-refractivity contribution in [2.75, 3.05) is 0 Å². The van der Waals surface area contributed by atoms with E-state index in [1.165, 1.54) is 0 Å². The van der Waals surface area contributed by atoms with Gasteiger partial charge in [-0.15, -0.1) is 0 Å². The quantitative estimate of drug-likeness (QED) is 0.395. The van der Waals surface area contributed by atoms with Crippen LogP contribution in [-0.4, -0.2) is 37.6 Å². The van der Waals surface area contributed by atoms with E-state index >= 15 is 0 Å². The number of H-pyrrole nitrogens is 1. The first-order valence-electron chi connectivity index (χ1n) is 10.0. The van der Waals surface area contributed by atoms with E-state index in [1.807, 2.05) is 37.3 Å². The monoisotopic (exact) mass is 450 g/mol. The second-order valence-corrected chi connectivity index (χ2v) is 8.10. The van der Waals surface area contributed by atoms with Gasteiger partial charge < -0.3 is 5.32 Å². The average molecular weight is 451 g/mol. The molecule has 3 aromatic rings. The van der Waals surface area contributed by atoms with Crippen molar-refractivity contribution in [2.24, 2.45) is 0 Å². The summed E-state index contributed by atoms with van der Waals surface area (Å²) in [6.07, 6.45) is -0.00812. The Labute approximate surface area is 189 Å². The summed E-state index contributed by atoms with van der Waals surface area (Å²) in [4.78, 5) is 37.9. The van der Waals surface area contributed by atoms with Crippen LogP contribution < -0.4 is 10.7 Å². The molecule has 164 valence electrons. The largest absolute Gasteiger partial charge is 0.344 e. The van der Waals surface area contributed by atoms with E-state index < -0.39 is 23.4 Å². The Bertz CT molecular complexity index is 1230. The number of rotatable bonds is 6. The minimum Gasteiger partial charge on any atom is -0.318 e. The van der Waals surface area contributed by atoms with Crippen molar-refractivity contribution in [3.05, 3.63) is 70.5 Å². The van der Waals surface area contributed by atoms with Crippen molar-refractivity contribution >= 4 is 30.1 Å². The molecule has 0 spiro atoms. The average Bonchev–Trinajstić information content (AvgIpc) is 3.26. The molecule has 3 N–H and O–H groups in total. The van der Waals surface area contributed by atoms with Crippen LogP contribution in [0.4, 0.5) is 4.79 Å². The molecule has 1 fully saturated rings. The maximum absolute atomic E-state index is 12.9. The molecule has 0 aliphatic carbocycles. The highest BCUT2D eigenvalue weighted by atomic mass is 32.1. The molecule has 0 radical (unpaired) electrons. The summed E-state index contributed by atoms with van der Waals surface area (Å²) in [5.41, 5.74) is 3.75. The third-order valence-electron chi connectivity index (χ3n) is 5.41. The van der Waals surface area contributed by atoms with Gasteiger partial charge in [-0.1, -0.05) is 60.2 Å². The molecule has 4 rings (SSSR count). The van der Waals surface area contributed by atoms with E-state index in [0.29, 0.717) is 16.2 Å². The molecule has 1 aliphatic heterocycles.